The second kappa shape index (κ2) is 25.8. The van der Waals surface area contributed by atoms with Crippen LogP contribution < -0.4 is 15.6 Å². The lowest BCUT2D eigenvalue weighted by Gasteiger charge is -2.47. The van der Waals surface area contributed by atoms with Crippen LogP contribution in [0, 0.1) is 46.1 Å². The number of amides is 2. The van der Waals surface area contributed by atoms with Crippen molar-refractivity contribution < 1.29 is 82.4 Å². The van der Waals surface area contributed by atoms with E-state index >= 15 is 8.78 Å². The van der Waals surface area contributed by atoms with Crippen molar-refractivity contribution in [3.8, 4) is 23.1 Å². The summed E-state index contributed by atoms with van der Waals surface area (Å²) in [6.07, 6.45) is -14.0. The molecule has 82 heavy (non-hydrogen) atoms. The molecule has 7 rings (SSSR count). The number of anilines is 1. The number of aliphatic hydroxyl groups excluding tert-OH is 1. The van der Waals surface area contributed by atoms with Crippen LogP contribution in [0.25, 0.3) is 11.3 Å². The molecular formula is C56H64F10N8O8. The summed E-state index contributed by atoms with van der Waals surface area (Å²) in [5.74, 6) is -3.64. The van der Waals surface area contributed by atoms with Crippen LogP contribution in [-0.4, -0.2) is 150 Å². The molecule has 2 amide bonds. The molecule has 3 N–H and O–H groups in total. The standard InChI is InChI=1S/C56H64F10N8O8/c1-53(2,55(61,62)63)41(23-49(77)80-5)51(78)70-73(27-40-42(57)20-35(21-43(40)58)44-17-18-72(69-44)29-47(59)60)28-46(76)36(22-45(75)50(68-52(79)81-6)54(3,4)56(64,65)66)19-33-10-7-32(8-11-33)9-12-34-13-16-48(67-24-34)71-25-37-14-15-38(26-71)74(37)39-30-82-31-39/h7-8,10-11,13,16-18,20-21,24,36-39,41,46-47,50,76H,14-15,19,22-23,25-31H2,1-6H3,(H,68,79)(H,70,78)/t36-,37?,38?,41-,46+,50-/m1/s1. The average Bonchev–Trinajstić information content (AvgIpc) is 3.24. The number of carbonyl (C=O) groups excluding carboxylic acids is 4. The van der Waals surface area contributed by atoms with E-state index in [1.165, 1.54) is 6.07 Å². The Labute approximate surface area is 466 Å². The predicted octanol–water partition coefficient (Wildman–Crippen LogP) is 8.03. The van der Waals surface area contributed by atoms with Crippen molar-refractivity contribution in [2.75, 3.05) is 52.0 Å². The van der Waals surface area contributed by atoms with Gasteiger partial charge in [0.05, 0.1) is 68.4 Å². The van der Waals surface area contributed by atoms with Crippen LogP contribution in [-0.2, 0) is 48.1 Å². The number of ether oxygens (including phenoxy) is 3. The third-order valence-corrected chi connectivity index (χ3v) is 15.6. The van der Waals surface area contributed by atoms with Gasteiger partial charge in [-0.3, -0.25) is 29.4 Å². The van der Waals surface area contributed by atoms with Gasteiger partial charge in [-0.25, -0.2) is 32.3 Å². The van der Waals surface area contributed by atoms with Crippen molar-refractivity contribution in [2.45, 2.75) is 122 Å². The van der Waals surface area contributed by atoms with Gasteiger partial charge < -0.3 is 29.5 Å². The fourth-order valence-corrected chi connectivity index (χ4v) is 10.4. The number of aromatic nitrogens is 3. The third kappa shape index (κ3) is 14.9. The van der Waals surface area contributed by atoms with E-state index in [1.54, 1.807) is 30.5 Å². The number of nitrogens with one attached hydrogen (secondary N) is 2. The molecule has 4 aromatic rings. The van der Waals surface area contributed by atoms with E-state index in [-0.39, 0.29) is 17.7 Å². The van der Waals surface area contributed by atoms with Gasteiger partial charge in [-0.1, -0.05) is 37.8 Å². The Morgan fingerprint density at radius 2 is 1.44 bits per heavy atom. The summed E-state index contributed by atoms with van der Waals surface area (Å²) in [7, 11) is 1.71. The molecule has 3 fully saturated rings. The highest BCUT2D eigenvalue weighted by molar-refractivity contribution is 5.88. The van der Waals surface area contributed by atoms with E-state index in [1.807, 2.05) is 17.4 Å². The van der Waals surface area contributed by atoms with Crippen molar-refractivity contribution in [2.24, 2.45) is 22.7 Å². The first-order chi connectivity index (χ1) is 38.5. The molecule has 2 aromatic carbocycles. The van der Waals surface area contributed by atoms with Crippen LogP contribution in [0.3, 0.4) is 0 Å². The van der Waals surface area contributed by atoms with E-state index in [2.05, 4.69) is 46.6 Å². The molecule has 5 heterocycles. The number of nitrogens with zero attached hydrogens (tertiary/aromatic N) is 6. The zero-order valence-corrected chi connectivity index (χ0v) is 45.7. The molecule has 6 atom stereocenters. The molecule has 0 aliphatic carbocycles. The third-order valence-electron chi connectivity index (χ3n) is 15.6. The van der Waals surface area contributed by atoms with Gasteiger partial charge in [0.1, 0.15) is 30.0 Å². The largest absolute Gasteiger partial charge is 0.469 e. The number of hydrogen-bond acceptors (Lipinski definition) is 13. The van der Waals surface area contributed by atoms with Crippen LogP contribution in [0.1, 0.15) is 75.6 Å². The maximum absolute atomic E-state index is 16.2. The summed E-state index contributed by atoms with van der Waals surface area (Å²) in [6, 6.07) is 11.7. The van der Waals surface area contributed by atoms with Crippen LogP contribution >= 0.6 is 0 Å². The molecule has 0 radical (unpaired) electrons. The second-order valence-electron chi connectivity index (χ2n) is 21.9. The van der Waals surface area contributed by atoms with E-state index in [0.29, 0.717) is 67.5 Å². The lowest BCUT2D eigenvalue weighted by atomic mass is 9.75. The molecule has 446 valence electrons. The molecule has 3 saturated heterocycles. The number of aliphatic hydroxyl groups is 1. The van der Waals surface area contributed by atoms with E-state index in [9.17, 15) is 59.4 Å². The summed E-state index contributed by atoms with van der Waals surface area (Å²) in [5, 5.41) is 18.6. The van der Waals surface area contributed by atoms with Gasteiger partial charge >= 0.3 is 24.4 Å². The molecule has 3 aliphatic rings. The topological polar surface area (TPSA) is 181 Å². The Hall–Kier alpha value is -6.82. The molecule has 2 bridgehead atoms. The van der Waals surface area contributed by atoms with Crippen LogP contribution in [0.2, 0.25) is 0 Å². The molecule has 3 aliphatic heterocycles. The molecule has 0 spiro atoms. The first kappa shape index (κ1) is 62.8. The fraction of sp³-hybridized carbons (Fsp3) is 0.536. The number of methoxy groups -OCH3 is 2. The summed E-state index contributed by atoms with van der Waals surface area (Å²) in [4.78, 5) is 62.9. The number of esters is 1. The van der Waals surface area contributed by atoms with Crippen molar-refractivity contribution in [1.29, 1.82) is 0 Å². The highest BCUT2D eigenvalue weighted by Crippen LogP contribution is 2.46. The first-order valence-electron chi connectivity index (χ1n) is 26.3. The van der Waals surface area contributed by atoms with E-state index < -0.39 is 127 Å². The van der Waals surface area contributed by atoms with Crippen LogP contribution in [0.15, 0.2) is 67.0 Å². The molecule has 2 unspecified atom stereocenters. The molecule has 26 heteroatoms. The highest BCUT2D eigenvalue weighted by Gasteiger charge is 2.57. The Balaban J connectivity index is 1.18. The Morgan fingerprint density at radius 3 is 1.98 bits per heavy atom. The average molecular weight is 1170 g/mol. The number of alkyl halides is 8. The van der Waals surface area contributed by atoms with Gasteiger partial charge in [-0.05, 0) is 87.1 Å². The van der Waals surface area contributed by atoms with Gasteiger partial charge in [0, 0.05) is 79.3 Å². The number of hydrazine groups is 1. The number of halogens is 10. The van der Waals surface area contributed by atoms with Gasteiger partial charge in [-0.2, -0.15) is 31.4 Å². The lowest BCUT2D eigenvalue weighted by molar-refractivity contribution is -0.231. The summed E-state index contributed by atoms with van der Waals surface area (Å²) in [6.45, 7) is 2.79. The number of Topliss-reactive ketones (excluding diaryl/α,β-unsaturated/α-hetero) is 1. The van der Waals surface area contributed by atoms with E-state index in [4.69, 9.17) is 4.74 Å². The highest BCUT2D eigenvalue weighted by atomic mass is 19.4. The minimum absolute atomic E-state index is 0.138. The van der Waals surface area contributed by atoms with Crippen molar-refractivity contribution >= 4 is 29.6 Å². The zero-order chi connectivity index (χ0) is 60.1. The first-order valence-corrected chi connectivity index (χ1v) is 26.3. The minimum Gasteiger partial charge on any atom is -0.469 e. The normalized spacial score (nSPS) is 18.5. The van der Waals surface area contributed by atoms with Gasteiger partial charge in [0.2, 0.25) is 5.91 Å². The summed E-state index contributed by atoms with van der Waals surface area (Å²) < 4.78 is 161. The summed E-state index contributed by atoms with van der Waals surface area (Å²) >= 11 is 0. The van der Waals surface area contributed by atoms with Crippen molar-refractivity contribution in [3.05, 3.63) is 101 Å². The van der Waals surface area contributed by atoms with Gasteiger partial charge in [0.15, 0.2) is 5.78 Å². The smallest absolute Gasteiger partial charge is 0.407 e. The second-order valence-corrected chi connectivity index (χ2v) is 21.9. The zero-order valence-electron chi connectivity index (χ0n) is 45.7. The number of pyridine rings is 1. The van der Waals surface area contributed by atoms with Crippen LogP contribution in [0.5, 0.6) is 0 Å². The molecule has 0 saturated carbocycles. The lowest BCUT2D eigenvalue weighted by Crippen LogP contribution is -2.62. The number of piperazine rings is 1. The quantitative estimate of drug-likeness (QED) is 0.0298. The number of ketones is 1. The monoisotopic (exact) mass is 1170 g/mol. The Morgan fingerprint density at radius 1 is 0.829 bits per heavy atom. The SMILES string of the molecule is COC(=O)C[C@H](C(=O)NN(Cc1c(F)cc(-c2ccn(CC(F)F)n2)cc1F)C[C@H](O)[C@@H](CC(=O)[C@@H](NC(=O)OC)C(C)(C)C(F)(F)F)Cc1ccc(C#Cc2ccc(N3CC4CCC(C3)N4C3COC3)nc2)cc1)C(C)(C)C(F)(F)F. The number of carbonyl (C=O) groups is 4. The van der Waals surface area contributed by atoms with E-state index in [0.717, 1.165) is 82.2 Å². The number of hydrogen-bond donors (Lipinski definition) is 3. The number of alkyl carbamates (subject to hydrolysis) is 1. The van der Waals surface area contributed by atoms with Crippen molar-refractivity contribution in [1.82, 2.24) is 35.4 Å². The Kier molecular flexibility index (Phi) is 19.7. The predicted molar refractivity (Wildman–Crippen MR) is 276 cm³/mol. The number of benzene rings is 2. The van der Waals surface area contributed by atoms with Crippen LogP contribution in [0.4, 0.5) is 54.5 Å². The van der Waals surface area contributed by atoms with Gasteiger partial charge in [-0.15, -0.1) is 0 Å². The maximum Gasteiger partial charge on any atom is 0.407 e. The summed E-state index contributed by atoms with van der Waals surface area (Å²) in [5.41, 5.74) is -3.62. The molecule has 16 nitrogen and oxygen atoms in total. The Bertz CT molecular complexity index is 2920. The molecule has 2 aromatic heterocycles. The van der Waals surface area contributed by atoms with Gasteiger partial charge in [0.25, 0.3) is 6.43 Å². The number of rotatable bonds is 22. The fourth-order valence-electron chi connectivity index (χ4n) is 10.4. The van der Waals surface area contributed by atoms with Crippen molar-refractivity contribution in [3.63, 3.8) is 0 Å². The number of fused-ring (bicyclic) bond motifs is 2. The molecular weight excluding hydrogens is 1100 g/mol. The minimum atomic E-state index is -5.15. The maximum atomic E-state index is 16.2.